The van der Waals surface area contributed by atoms with Crippen molar-refractivity contribution < 1.29 is 19.1 Å². The van der Waals surface area contributed by atoms with E-state index in [1.54, 1.807) is 0 Å². The Labute approximate surface area is 132 Å². The molecule has 0 unspecified atom stereocenters. The smallest absolute Gasteiger partial charge is 0.320 e. The first-order valence-corrected chi connectivity index (χ1v) is 8.31. The fourth-order valence-corrected chi connectivity index (χ4v) is 3.34. The van der Waals surface area contributed by atoms with Crippen LogP contribution in [0.2, 0.25) is 0 Å². The lowest BCUT2D eigenvalue weighted by Crippen LogP contribution is -2.51. The van der Waals surface area contributed by atoms with E-state index in [1.165, 1.54) is 0 Å². The van der Waals surface area contributed by atoms with Crippen molar-refractivity contribution in [3.8, 4) is 0 Å². The average Bonchev–Trinajstić information content (AvgIpc) is 2.46. The lowest BCUT2D eigenvalue weighted by molar-refractivity contribution is -0.149. The minimum Gasteiger partial charge on any atom is -0.465 e. The van der Waals surface area contributed by atoms with E-state index in [2.05, 4.69) is 4.90 Å². The van der Waals surface area contributed by atoms with Crippen LogP contribution >= 0.6 is 0 Å². The van der Waals surface area contributed by atoms with Gasteiger partial charge in [0, 0.05) is 19.0 Å². The first-order valence-electron chi connectivity index (χ1n) is 8.31. The van der Waals surface area contributed by atoms with Crippen LogP contribution < -0.4 is 0 Å². The molecule has 0 aliphatic carbocycles. The summed E-state index contributed by atoms with van der Waals surface area (Å²) >= 11 is 0. The maximum Gasteiger partial charge on any atom is 0.320 e. The Morgan fingerprint density at radius 2 is 1.73 bits per heavy atom. The molecule has 2 atom stereocenters. The van der Waals surface area contributed by atoms with Gasteiger partial charge in [0.1, 0.15) is 0 Å². The molecule has 0 bridgehead atoms. The number of rotatable bonds is 4. The van der Waals surface area contributed by atoms with Gasteiger partial charge in [0.2, 0.25) is 5.91 Å². The molecule has 0 N–H and O–H groups in total. The lowest BCUT2D eigenvalue weighted by Gasteiger charge is -2.39. The number of amides is 1. The molecule has 22 heavy (non-hydrogen) atoms. The van der Waals surface area contributed by atoms with Gasteiger partial charge in [-0.15, -0.1) is 0 Å². The van der Waals surface area contributed by atoms with Crippen LogP contribution in [0.4, 0.5) is 0 Å². The van der Waals surface area contributed by atoms with Gasteiger partial charge in [-0.3, -0.25) is 14.5 Å². The van der Waals surface area contributed by atoms with E-state index >= 15 is 0 Å². The van der Waals surface area contributed by atoms with Crippen molar-refractivity contribution in [2.45, 2.75) is 45.8 Å². The van der Waals surface area contributed by atoms with E-state index in [-0.39, 0.29) is 30.0 Å². The molecule has 0 aromatic carbocycles. The van der Waals surface area contributed by atoms with Crippen LogP contribution in [-0.4, -0.2) is 73.2 Å². The average molecular weight is 312 g/mol. The van der Waals surface area contributed by atoms with Crippen molar-refractivity contribution in [1.29, 1.82) is 0 Å². The van der Waals surface area contributed by atoms with Gasteiger partial charge in [-0.05, 0) is 46.7 Å². The normalized spacial score (nSPS) is 27.7. The van der Waals surface area contributed by atoms with E-state index in [0.29, 0.717) is 26.2 Å². The fraction of sp³-hybridized carbons (Fsp3) is 0.875. The Morgan fingerprint density at radius 1 is 1.14 bits per heavy atom. The molecule has 0 aromatic rings. The van der Waals surface area contributed by atoms with Crippen LogP contribution in [0.3, 0.4) is 0 Å². The van der Waals surface area contributed by atoms with Gasteiger partial charge in [-0.1, -0.05) is 0 Å². The van der Waals surface area contributed by atoms with E-state index in [4.69, 9.17) is 9.47 Å². The van der Waals surface area contributed by atoms with Crippen LogP contribution in [0.5, 0.6) is 0 Å². The molecule has 6 nitrogen and oxygen atoms in total. The number of carbonyl (C=O) groups is 2. The van der Waals surface area contributed by atoms with E-state index in [9.17, 15) is 9.59 Å². The highest BCUT2D eigenvalue weighted by Gasteiger charge is 2.32. The molecule has 126 valence electrons. The predicted octanol–water partition coefficient (Wildman–Crippen LogP) is 0.897. The van der Waals surface area contributed by atoms with Gasteiger partial charge < -0.3 is 14.4 Å². The fourth-order valence-electron chi connectivity index (χ4n) is 3.34. The number of hydrogen-bond donors (Lipinski definition) is 0. The molecule has 1 amide bonds. The predicted molar refractivity (Wildman–Crippen MR) is 82.4 cm³/mol. The number of piperidine rings is 1. The Bertz CT molecular complexity index is 384. The highest BCUT2D eigenvalue weighted by atomic mass is 16.5. The molecule has 2 fully saturated rings. The van der Waals surface area contributed by atoms with Crippen LogP contribution in [0.15, 0.2) is 0 Å². The molecular weight excluding hydrogens is 284 g/mol. The Morgan fingerprint density at radius 3 is 2.27 bits per heavy atom. The first-order chi connectivity index (χ1) is 10.5. The van der Waals surface area contributed by atoms with Crippen LogP contribution in [-0.2, 0) is 19.1 Å². The first kappa shape index (κ1) is 17.2. The summed E-state index contributed by atoms with van der Waals surface area (Å²) in [4.78, 5) is 28.2. The number of nitrogens with zero attached hydrogens (tertiary/aromatic N) is 2. The quantitative estimate of drug-likeness (QED) is 0.722. The standard InChI is InChI=1S/C16H28N2O4/c1-4-21-15(19)11-17-7-5-14(6-8-17)16(20)18-9-12(2)22-13(3)10-18/h12-14H,4-11H2,1-3H3/t12-,13-/m1/s1. The second kappa shape index (κ2) is 7.92. The van der Waals surface area contributed by atoms with Crippen LogP contribution in [0.25, 0.3) is 0 Å². The van der Waals surface area contributed by atoms with Crippen molar-refractivity contribution in [3.63, 3.8) is 0 Å². The molecule has 6 heteroatoms. The van der Waals surface area contributed by atoms with Crippen molar-refractivity contribution in [3.05, 3.63) is 0 Å². The van der Waals surface area contributed by atoms with Gasteiger partial charge in [0.05, 0.1) is 25.4 Å². The summed E-state index contributed by atoms with van der Waals surface area (Å²) in [5, 5.41) is 0. The maximum atomic E-state index is 12.6. The maximum absolute atomic E-state index is 12.6. The molecule has 0 spiro atoms. The van der Waals surface area contributed by atoms with E-state index < -0.39 is 0 Å². The Kier molecular flexibility index (Phi) is 6.20. The topological polar surface area (TPSA) is 59.1 Å². The zero-order valence-electron chi connectivity index (χ0n) is 13.9. The summed E-state index contributed by atoms with van der Waals surface area (Å²) in [7, 11) is 0. The van der Waals surface area contributed by atoms with Crippen LogP contribution in [0, 0.1) is 5.92 Å². The van der Waals surface area contributed by atoms with Gasteiger partial charge in [0.25, 0.3) is 0 Å². The van der Waals surface area contributed by atoms with Crippen molar-refractivity contribution >= 4 is 11.9 Å². The summed E-state index contributed by atoms with van der Waals surface area (Å²) in [5.74, 6) is 0.150. The minimum atomic E-state index is -0.178. The zero-order valence-corrected chi connectivity index (χ0v) is 13.9. The molecular formula is C16H28N2O4. The third kappa shape index (κ3) is 4.68. The molecule has 2 aliphatic heterocycles. The number of likely N-dealkylation sites (tertiary alicyclic amines) is 1. The number of hydrogen-bond acceptors (Lipinski definition) is 5. The van der Waals surface area contributed by atoms with Gasteiger partial charge in [-0.25, -0.2) is 0 Å². The molecule has 0 radical (unpaired) electrons. The van der Waals surface area contributed by atoms with Crippen molar-refractivity contribution in [2.24, 2.45) is 5.92 Å². The number of ether oxygens (including phenoxy) is 2. The largest absolute Gasteiger partial charge is 0.465 e. The molecule has 0 aromatic heterocycles. The summed E-state index contributed by atoms with van der Waals surface area (Å²) in [5.41, 5.74) is 0. The number of esters is 1. The van der Waals surface area contributed by atoms with Crippen molar-refractivity contribution in [2.75, 3.05) is 39.3 Å². The summed E-state index contributed by atoms with van der Waals surface area (Å²) in [6, 6.07) is 0. The monoisotopic (exact) mass is 312 g/mol. The molecule has 0 saturated carbocycles. The molecule has 2 aliphatic rings. The third-order valence-corrected chi connectivity index (χ3v) is 4.33. The number of carbonyl (C=O) groups excluding carboxylic acids is 2. The highest BCUT2D eigenvalue weighted by Crippen LogP contribution is 2.22. The van der Waals surface area contributed by atoms with Crippen LogP contribution in [0.1, 0.15) is 33.6 Å². The van der Waals surface area contributed by atoms with Gasteiger partial charge in [-0.2, -0.15) is 0 Å². The Hall–Kier alpha value is -1.14. The second-order valence-corrected chi connectivity index (χ2v) is 6.36. The van der Waals surface area contributed by atoms with E-state index in [0.717, 1.165) is 25.9 Å². The van der Waals surface area contributed by atoms with Gasteiger partial charge >= 0.3 is 5.97 Å². The summed E-state index contributed by atoms with van der Waals surface area (Å²) in [6.07, 6.45) is 1.85. The zero-order chi connectivity index (χ0) is 16.1. The molecule has 2 saturated heterocycles. The molecule has 2 rings (SSSR count). The Balaban J connectivity index is 1.78. The SMILES string of the molecule is CCOC(=O)CN1CCC(C(=O)N2C[C@@H](C)O[C@H](C)C2)CC1. The minimum absolute atomic E-state index is 0.0796. The van der Waals surface area contributed by atoms with E-state index in [1.807, 2.05) is 25.7 Å². The molecule has 2 heterocycles. The lowest BCUT2D eigenvalue weighted by atomic mass is 9.94. The number of morpholine rings is 1. The third-order valence-electron chi connectivity index (χ3n) is 4.33. The second-order valence-electron chi connectivity index (χ2n) is 6.36. The summed E-state index contributed by atoms with van der Waals surface area (Å²) in [6.45, 7) is 9.53. The summed E-state index contributed by atoms with van der Waals surface area (Å²) < 4.78 is 10.7. The highest BCUT2D eigenvalue weighted by molar-refractivity contribution is 5.79. The van der Waals surface area contributed by atoms with Crippen molar-refractivity contribution in [1.82, 2.24) is 9.80 Å². The van der Waals surface area contributed by atoms with Gasteiger partial charge in [0.15, 0.2) is 0 Å².